The van der Waals surface area contributed by atoms with Crippen LogP contribution in [-0.2, 0) is 23.5 Å². The van der Waals surface area contributed by atoms with E-state index in [4.69, 9.17) is 4.74 Å². The predicted octanol–water partition coefficient (Wildman–Crippen LogP) is 5.82. The van der Waals surface area contributed by atoms with Crippen LogP contribution < -0.4 is 0 Å². The molecule has 0 saturated carbocycles. The molecular weight excluding hydrogens is 548 g/mol. The Bertz CT molecular complexity index is 1160. The molecule has 0 unspecified atom stereocenters. The van der Waals surface area contributed by atoms with Gasteiger partial charge in [0, 0.05) is 44.3 Å². The van der Waals surface area contributed by atoms with Crippen LogP contribution in [0, 0.1) is 13.8 Å². The first-order valence-corrected chi connectivity index (χ1v) is 14.0. The molecular formula is C30H37F6N3O2. The molecule has 41 heavy (non-hydrogen) atoms. The first-order valence-electron chi connectivity index (χ1n) is 14.0. The lowest BCUT2D eigenvalue weighted by Gasteiger charge is -2.42. The van der Waals surface area contributed by atoms with Crippen LogP contribution in [0.25, 0.3) is 0 Å². The number of hydrogen-bond acceptors (Lipinski definition) is 4. The van der Waals surface area contributed by atoms with Crippen molar-refractivity contribution in [2.45, 2.75) is 51.5 Å². The second-order valence-corrected chi connectivity index (χ2v) is 11.0. The van der Waals surface area contributed by atoms with Crippen LogP contribution >= 0.6 is 0 Å². The number of ether oxygens (including phenoxy) is 1. The standard InChI is InChI=1S/C30H37F6N3O2/c1-21-5-6-23(15-22(21)2)16-27-20-38(8-4-3-7-37-11-13-41-14-12-37)9-10-39(27)28(40)24-17-25(29(31,32)33)19-26(18-24)30(34,35)36/h5-6,15,17-19,27H,3-4,7-14,16,20H2,1-2H3/t27-/m1/s1. The smallest absolute Gasteiger partial charge is 0.379 e. The van der Waals surface area contributed by atoms with Crippen LogP contribution in [0.5, 0.6) is 0 Å². The van der Waals surface area contributed by atoms with Crippen LogP contribution in [0.15, 0.2) is 36.4 Å². The molecule has 0 bridgehead atoms. The maximum atomic E-state index is 13.6. The van der Waals surface area contributed by atoms with Gasteiger partial charge in [-0.15, -0.1) is 0 Å². The average molecular weight is 586 g/mol. The summed E-state index contributed by atoms with van der Waals surface area (Å²) in [4.78, 5) is 19.6. The average Bonchev–Trinajstić information content (AvgIpc) is 2.92. The number of nitrogens with zero attached hydrogens (tertiary/aromatic N) is 3. The fourth-order valence-electron chi connectivity index (χ4n) is 5.51. The summed E-state index contributed by atoms with van der Waals surface area (Å²) in [7, 11) is 0. The molecule has 2 fully saturated rings. The number of aryl methyl sites for hydroxylation is 2. The molecule has 5 nitrogen and oxygen atoms in total. The van der Waals surface area contributed by atoms with Crippen LogP contribution in [0.3, 0.4) is 0 Å². The topological polar surface area (TPSA) is 36.0 Å². The van der Waals surface area contributed by atoms with Gasteiger partial charge in [-0.05, 0) is 81.1 Å². The highest BCUT2D eigenvalue weighted by atomic mass is 19.4. The molecule has 2 heterocycles. The zero-order valence-corrected chi connectivity index (χ0v) is 23.5. The summed E-state index contributed by atoms with van der Waals surface area (Å²) in [5, 5.41) is 0. The molecule has 0 aromatic heterocycles. The number of amides is 1. The molecule has 2 aliphatic rings. The fraction of sp³-hybridized carbons (Fsp3) is 0.567. The number of morpholine rings is 1. The van der Waals surface area contributed by atoms with Gasteiger partial charge in [0.05, 0.1) is 24.3 Å². The summed E-state index contributed by atoms with van der Waals surface area (Å²) in [6.07, 6.45) is -7.64. The summed E-state index contributed by atoms with van der Waals surface area (Å²) in [6.45, 7) is 10.3. The van der Waals surface area contributed by atoms with Gasteiger partial charge in [0.15, 0.2) is 0 Å². The third-order valence-electron chi connectivity index (χ3n) is 8.01. The Hall–Kier alpha value is -2.63. The first-order chi connectivity index (χ1) is 19.3. The lowest BCUT2D eigenvalue weighted by Crippen LogP contribution is -2.56. The number of rotatable bonds is 8. The van der Waals surface area contributed by atoms with E-state index in [1.807, 2.05) is 32.0 Å². The largest absolute Gasteiger partial charge is 0.416 e. The number of benzene rings is 2. The van der Waals surface area contributed by atoms with E-state index in [1.165, 1.54) is 4.90 Å². The molecule has 4 rings (SSSR count). The number of alkyl halides is 6. The third kappa shape index (κ3) is 8.45. The summed E-state index contributed by atoms with van der Waals surface area (Å²) in [5.41, 5.74) is -0.429. The van der Waals surface area contributed by atoms with Crippen molar-refractivity contribution in [3.8, 4) is 0 Å². The summed E-state index contributed by atoms with van der Waals surface area (Å²) in [6, 6.07) is 6.67. The Morgan fingerprint density at radius 3 is 2.00 bits per heavy atom. The Labute approximate surface area is 237 Å². The quantitative estimate of drug-likeness (QED) is 0.289. The Kier molecular flexibility index (Phi) is 10.0. The lowest BCUT2D eigenvalue weighted by molar-refractivity contribution is -0.143. The predicted molar refractivity (Wildman–Crippen MR) is 144 cm³/mol. The molecule has 2 aliphatic heterocycles. The highest BCUT2D eigenvalue weighted by Crippen LogP contribution is 2.37. The van der Waals surface area contributed by atoms with Gasteiger partial charge < -0.3 is 9.64 Å². The van der Waals surface area contributed by atoms with E-state index in [-0.39, 0.29) is 12.6 Å². The molecule has 1 atom stereocenters. The van der Waals surface area contributed by atoms with Gasteiger partial charge in [-0.3, -0.25) is 14.6 Å². The molecule has 226 valence electrons. The minimum absolute atomic E-state index is 0.0538. The van der Waals surface area contributed by atoms with E-state index >= 15 is 0 Å². The third-order valence-corrected chi connectivity index (χ3v) is 8.01. The van der Waals surface area contributed by atoms with E-state index < -0.39 is 41.0 Å². The SMILES string of the molecule is Cc1ccc(C[C@@H]2CN(CCCCN3CCOCC3)CCN2C(=O)c2cc(C(F)(F)F)cc(C(F)(F)F)c2)cc1C. The van der Waals surface area contributed by atoms with Crippen LogP contribution in [0.2, 0.25) is 0 Å². The normalized spacial score (nSPS) is 19.5. The van der Waals surface area contributed by atoms with E-state index in [0.29, 0.717) is 31.6 Å². The van der Waals surface area contributed by atoms with Crippen molar-refractivity contribution in [3.63, 3.8) is 0 Å². The Balaban J connectivity index is 1.52. The minimum Gasteiger partial charge on any atom is -0.379 e. The Morgan fingerprint density at radius 1 is 0.805 bits per heavy atom. The number of hydrogen-bond donors (Lipinski definition) is 0. The highest BCUT2D eigenvalue weighted by Gasteiger charge is 2.39. The highest BCUT2D eigenvalue weighted by molar-refractivity contribution is 5.95. The van der Waals surface area contributed by atoms with Crippen molar-refractivity contribution < 1.29 is 35.9 Å². The van der Waals surface area contributed by atoms with E-state index in [0.717, 1.165) is 68.9 Å². The molecule has 1 amide bonds. The summed E-state index contributed by atoms with van der Waals surface area (Å²) in [5.74, 6) is -0.817. The molecule has 0 spiro atoms. The van der Waals surface area contributed by atoms with Crippen molar-refractivity contribution in [1.29, 1.82) is 0 Å². The van der Waals surface area contributed by atoms with Gasteiger partial charge >= 0.3 is 12.4 Å². The van der Waals surface area contributed by atoms with Crippen molar-refractivity contribution in [1.82, 2.24) is 14.7 Å². The Morgan fingerprint density at radius 2 is 1.41 bits per heavy atom. The summed E-state index contributed by atoms with van der Waals surface area (Å²) >= 11 is 0. The molecule has 2 aromatic rings. The number of carbonyl (C=O) groups excluding carboxylic acids is 1. The number of piperazine rings is 1. The van der Waals surface area contributed by atoms with Gasteiger partial charge in [-0.1, -0.05) is 18.2 Å². The zero-order chi connectivity index (χ0) is 29.8. The van der Waals surface area contributed by atoms with Crippen LogP contribution in [0.1, 0.15) is 51.0 Å². The molecule has 2 saturated heterocycles. The van der Waals surface area contributed by atoms with E-state index in [1.54, 1.807) is 0 Å². The van der Waals surface area contributed by atoms with Gasteiger partial charge in [0.2, 0.25) is 0 Å². The lowest BCUT2D eigenvalue weighted by atomic mass is 9.97. The molecule has 0 N–H and O–H groups in total. The second kappa shape index (κ2) is 13.1. The van der Waals surface area contributed by atoms with Crippen molar-refractivity contribution in [2.24, 2.45) is 0 Å². The first kappa shape index (κ1) is 31.3. The van der Waals surface area contributed by atoms with Crippen molar-refractivity contribution in [3.05, 3.63) is 69.8 Å². The monoisotopic (exact) mass is 585 g/mol. The van der Waals surface area contributed by atoms with Crippen LogP contribution in [-0.4, -0.2) is 85.7 Å². The number of unbranched alkanes of at least 4 members (excludes halogenated alkanes) is 1. The molecule has 11 heteroatoms. The van der Waals surface area contributed by atoms with Crippen molar-refractivity contribution >= 4 is 5.91 Å². The minimum atomic E-state index is -5.02. The van der Waals surface area contributed by atoms with E-state index in [2.05, 4.69) is 9.80 Å². The molecule has 2 aromatic carbocycles. The van der Waals surface area contributed by atoms with Gasteiger partial charge in [0.25, 0.3) is 5.91 Å². The van der Waals surface area contributed by atoms with E-state index in [9.17, 15) is 31.1 Å². The van der Waals surface area contributed by atoms with Gasteiger partial charge in [-0.2, -0.15) is 26.3 Å². The maximum absolute atomic E-state index is 13.6. The summed E-state index contributed by atoms with van der Waals surface area (Å²) < 4.78 is 86.3. The number of carbonyl (C=O) groups is 1. The second-order valence-electron chi connectivity index (χ2n) is 11.0. The molecule has 0 aliphatic carbocycles. The molecule has 0 radical (unpaired) electrons. The van der Waals surface area contributed by atoms with Crippen LogP contribution in [0.4, 0.5) is 26.3 Å². The fourth-order valence-corrected chi connectivity index (χ4v) is 5.51. The zero-order valence-electron chi connectivity index (χ0n) is 23.5. The van der Waals surface area contributed by atoms with Gasteiger partial charge in [-0.25, -0.2) is 0 Å². The maximum Gasteiger partial charge on any atom is 0.416 e. The van der Waals surface area contributed by atoms with Gasteiger partial charge in [0.1, 0.15) is 0 Å². The van der Waals surface area contributed by atoms with Crippen molar-refractivity contribution in [2.75, 3.05) is 59.0 Å². The number of halogens is 6.